The third-order valence-electron chi connectivity index (χ3n) is 6.82. The van der Waals surface area contributed by atoms with Crippen LogP contribution in [-0.4, -0.2) is 79.9 Å². The molecular weight excluding hydrogens is 602 g/mol. The lowest BCUT2D eigenvalue weighted by molar-refractivity contribution is -0.0368. The van der Waals surface area contributed by atoms with E-state index < -0.39 is 54.7 Å². The van der Waals surface area contributed by atoms with Crippen molar-refractivity contribution in [2.24, 2.45) is 0 Å². The molecule has 0 atom stereocenters. The third kappa shape index (κ3) is 9.52. The second-order valence-electron chi connectivity index (χ2n) is 10.6. The van der Waals surface area contributed by atoms with E-state index in [2.05, 4.69) is 35.7 Å². The second kappa shape index (κ2) is 14.2. The summed E-state index contributed by atoms with van der Waals surface area (Å²) in [4.78, 5) is 29.0. The van der Waals surface area contributed by atoms with Crippen molar-refractivity contribution in [2.75, 3.05) is 20.2 Å². The zero-order chi connectivity index (χ0) is 31.9. The van der Waals surface area contributed by atoms with E-state index in [4.69, 9.17) is 4.74 Å². The minimum absolute atomic E-state index is 0.0978. The largest absolute Gasteiger partial charge is 0.381 e. The number of fused-ring (bicyclic) bond motifs is 1. The molecule has 1 aliphatic heterocycles. The minimum Gasteiger partial charge on any atom is -0.381 e. The molecule has 4 heterocycles. The van der Waals surface area contributed by atoms with Crippen molar-refractivity contribution < 1.29 is 45.3 Å². The Labute approximate surface area is 247 Å². The molecule has 3 aromatic heterocycles. The Kier molecular flexibility index (Phi) is 10.6. The summed E-state index contributed by atoms with van der Waals surface area (Å²) in [6, 6.07) is 0.942. The van der Waals surface area contributed by atoms with Crippen LogP contribution < -0.4 is 10.6 Å². The number of imidazole rings is 1. The highest BCUT2D eigenvalue weighted by Crippen LogP contribution is 2.32. The van der Waals surface area contributed by atoms with Gasteiger partial charge in [0.25, 0.3) is 18.3 Å². The van der Waals surface area contributed by atoms with Crippen molar-refractivity contribution in [3.05, 3.63) is 41.1 Å². The lowest BCUT2D eigenvalue weighted by Gasteiger charge is -2.32. The lowest BCUT2D eigenvalue weighted by atomic mass is 9.97. The van der Waals surface area contributed by atoms with E-state index in [0.29, 0.717) is 35.9 Å². The van der Waals surface area contributed by atoms with Gasteiger partial charge in [-0.3, -0.25) is 4.79 Å². The first-order chi connectivity index (χ1) is 20.9. The van der Waals surface area contributed by atoms with Crippen molar-refractivity contribution in [1.82, 2.24) is 40.4 Å². The Bertz CT molecular complexity index is 1410. The molecule has 3 aromatic rings. The Morgan fingerprint density at radius 1 is 1.16 bits per heavy atom. The summed E-state index contributed by atoms with van der Waals surface area (Å²) in [5.41, 5.74) is -0.351. The first-order valence-corrected chi connectivity index (χ1v) is 13.9. The number of rotatable bonds is 7. The normalized spacial score (nSPS) is 19.0. The molecule has 3 fully saturated rings. The molecule has 18 heteroatoms. The molecule has 0 spiro atoms. The van der Waals surface area contributed by atoms with E-state index in [1.807, 2.05) is 0 Å². The third-order valence-corrected chi connectivity index (χ3v) is 6.82. The van der Waals surface area contributed by atoms with Gasteiger partial charge in [-0.15, -0.1) is 0 Å². The van der Waals surface area contributed by atoms with Gasteiger partial charge < -0.3 is 20.3 Å². The summed E-state index contributed by atoms with van der Waals surface area (Å²) in [7, 11) is 1.76. The van der Waals surface area contributed by atoms with E-state index >= 15 is 0 Å². The van der Waals surface area contributed by atoms with Gasteiger partial charge in [-0.1, -0.05) is 6.42 Å². The number of aromatic nitrogens is 5. The molecule has 0 radical (unpaired) electrons. The molecule has 0 unspecified atom stereocenters. The fourth-order valence-electron chi connectivity index (χ4n) is 4.33. The van der Waals surface area contributed by atoms with Crippen LogP contribution in [-0.2, 0) is 17.8 Å². The molecule has 2 aliphatic carbocycles. The Balaban J connectivity index is 0.000000279. The number of nitrogens with zero attached hydrogens (tertiary/aromatic N) is 6. The van der Waals surface area contributed by atoms with Gasteiger partial charge in [-0.05, 0) is 47.6 Å². The van der Waals surface area contributed by atoms with Crippen LogP contribution in [0, 0.1) is 0 Å². The fourth-order valence-corrected chi connectivity index (χ4v) is 4.33. The van der Waals surface area contributed by atoms with Crippen molar-refractivity contribution in [3.63, 3.8) is 0 Å². The SMILES string of the molecule is COC1CC1.FC1(F)CCCCC1.O=C(NCc1cn2ncc(CN3CC(F)(F)CNC3=O)cc2n1)c1nonc1C(F)F. The number of amides is 3. The number of methoxy groups -OCH3 is 1. The molecule has 3 aliphatic rings. The monoisotopic (exact) mass is 634 g/mol. The molecule has 242 valence electrons. The Morgan fingerprint density at radius 2 is 1.89 bits per heavy atom. The highest BCUT2D eigenvalue weighted by molar-refractivity contribution is 5.93. The molecule has 6 rings (SSSR count). The van der Waals surface area contributed by atoms with E-state index in [1.165, 1.54) is 29.8 Å². The van der Waals surface area contributed by atoms with Crippen LogP contribution in [0.1, 0.15) is 78.8 Å². The molecule has 0 aromatic carbocycles. The van der Waals surface area contributed by atoms with Crippen molar-refractivity contribution in [2.45, 2.75) is 82.4 Å². The maximum atomic E-state index is 13.5. The van der Waals surface area contributed by atoms with E-state index in [9.17, 15) is 35.9 Å². The van der Waals surface area contributed by atoms with Gasteiger partial charge in [-0.2, -0.15) is 5.10 Å². The van der Waals surface area contributed by atoms with Gasteiger partial charge in [0.1, 0.15) is 0 Å². The summed E-state index contributed by atoms with van der Waals surface area (Å²) >= 11 is 0. The summed E-state index contributed by atoms with van der Waals surface area (Å²) in [6.07, 6.45) is 5.73. The van der Waals surface area contributed by atoms with Crippen molar-refractivity contribution in [1.29, 1.82) is 0 Å². The van der Waals surface area contributed by atoms with Crippen LogP contribution in [0.2, 0.25) is 0 Å². The number of halogens is 6. The number of ether oxygens (including phenoxy) is 1. The van der Waals surface area contributed by atoms with Crippen molar-refractivity contribution >= 4 is 17.6 Å². The van der Waals surface area contributed by atoms with Crippen LogP contribution in [0.3, 0.4) is 0 Å². The highest BCUT2D eigenvalue weighted by Gasteiger charge is 2.39. The molecule has 2 saturated carbocycles. The lowest BCUT2D eigenvalue weighted by Crippen LogP contribution is -2.56. The van der Waals surface area contributed by atoms with Gasteiger partial charge >= 0.3 is 6.03 Å². The Hall–Kier alpha value is -3.96. The van der Waals surface area contributed by atoms with Crippen LogP contribution in [0.5, 0.6) is 0 Å². The molecule has 2 N–H and O–H groups in total. The smallest absolute Gasteiger partial charge is 0.318 e. The topological polar surface area (TPSA) is 140 Å². The number of carbonyl (C=O) groups excluding carboxylic acids is 2. The molecule has 44 heavy (non-hydrogen) atoms. The van der Waals surface area contributed by atoms with Crippen LogP contribution in [0.15, 0.2) is 23.1 Å². The van der Waals surface area contributed by atoms with Crippen LogP contribution >= 0.6 is 0 Å². The van der Waals surface area contributed by atoms with Gasteiger partial charge in [0.2, 0.25) is 11.6 Å². The second-order valence-corrected chi connectivity index (χ2v) is 10.6. The standard InChI is InChI=1S/C16H14F4N8O3.C6H10F2.C4H8O/c17-13(18)11-12(26-31-25-11)14(29)21-3-9-5-28-10(24-9)1-8(2-23-28)4-27-7-16(19,20)6-22-15(27)30;7-6(8)4-2-1-3-5-6;1-5-4-2-3-4/h1-2,5,13H,3-4,6-7H2,(H,21,29)(H,22,30);1-5H2;4H,2-3H2,1H3. The quantitative estimate of drug-likeness (QED) is 0.362. The number of hydrogen-bond donors (Lipinski definition) is 2. The van der Waals surface area contributed by atoms with Crippen molar-refractivity contribution in [3.8, 4) is 0 Å². The maximum Gasteiger partial charge on any atom is 0.318 e. The zero-order valence-corrected chi connectivity index (χ0v) is 23.7. The summed E-state index contributed by atoms with van der Waals surface area (Å²) < 4.78 is 87.4. The van der Waals surface area contributed by atoms with E-state index in [-0.39, 0.29) is 25.9 Å². The van der Waals surface area contributed by atoms with Gasteiger partial charge in [-0.25, -0.2) is 45.3 Å². The molecular formula is C26H32F6N8O4. The first kappa shape index (κ1) is 32.9. The highest BCUT2D eigenvalue weighted by atomic mass is 19.3. The van der Waals surface area contributed by atoms with Gasteiger partial charge in [0, 0.05) is 26.5 Å². The van der Waals surface area contributed by atoms with E-state index in [1.54, 1.807) is 13.2 Å². The number of urea groups is 1. The molecule has 1 saturated heterocycles. The average molecular weight is 635 g/mol. The summed E-state index contributed by atoms with van der Waals surface area (Å²) in [5, 5.41) is 14.8. The van der Waals surface area contributed by atoms with Crippen LogP contribution in [0.25, 0.3) is 5.65 Å². The Morgan fingerprint density at radius 3 is 2.48 bits per heavy atom. The maximum absolute atomic E-state index is 13.5. The number of carbonyl (C=O) groups is 2. The molecule has 12 nitrogen and oxygen atoms in total. The number of nitrogens with one attached hydrogen (secondary N) is 2. The zero-order valence-electron chi connectivity index (χ0n) is 23.7. The predicted molar refractivity (Wildman–Crippen MR) is 140 cm³/mol. The fraction of sp³-hybridized carbons (Fsp3) is 0.615. The molecule has 3 amide bonds. The van der Waals surface area contributed by atoms with E-state index in [0.717, 1.165) is 11.3 Å². The van der Waals surface area contributed by atoms with Gasteiger partial charge in [0.15, 0.2) is 11.3 Å². The number of hydrogen-bond acceptors (Lipinski definition) is 8. The average Bonchev–Trinajstić information content (AvgIpc) is 3.52. The molecule has 0 bridgehead atoms. The number of alkyl halides is 6. The summed E-state index contributed by atoms with van der Waals surface area (Å²) in [6.45, 7) is -1.65. The first-order valence-electron chi connectivity index (χ1n) is 13.9. The van der Waals surface area contributed by atoms with Gasteiger partial charge in [0.05, 0.1) is 43.8 Å². The minimum atomic E-state index is -3.03. The van der Waals surface area contributed by atoms with Crippen LogP contribution in [0.4, 0.5) is 31.1 Å². The summed E-state index contributed by atoms with van der Waals surface area (Å²) in [5.74, 6) is -6.27. The predicted octanol–water partition coefficient (Wildman–Crippen LogP) is 4.52.